The van der Waals surface area contributed by atoms with E-state index in [1.54, 1.807) is 0 Å². The number of carbonyl (C=O) groups is 1. The number of aliphatic hydroxyl groups is 4. The van der Waals surface area contributed by atoms with E-state index in [4.69, 9.17) is 15.6 Å². The van der Waals surface area contributed by atoms with Crippen molar-refractivity contribution in [3.8, 4) is 0 Å². The van der Waals surface area contributed by atoms with Crippen molar-refractivity contribution in [2.45, 2.75) is 55.8 Å². The number of carboxylic acids is 1. The van der Waals surface area contributed by atoms with E-state index >= 15 is 0 Å². The minimum Gasteiger partial charge on any atom is -0.481 e. The van der Waals surface area contributed by atoms with Crippen molar-refractivity contribution in [2.24, 2.45) is 5.73 Å². The third kappa shape index (κ3) is 4.37. The second-order valence-electron chi connectivity index (χ2n) is 4.91. The van der Waals surface area contributed by atoms with Crippen molar-refractivity contribution in [3.05, 3.63) is 0 Å². The Balaban J connectivity index is 2.47. The molecule has 0 aromatic heterocycles. The average Bonchev–Trinajstić information content (AvgIpc) is 2.31. The van der Waals surface area contributed by atoms with Gasteiger partial charge in [0.2, 0.25) is 0 Å². The molecule has 19 heavy (non-hydrogen) atoms. The molecule has 0 radical (unpaired) electrons. The molecular formula is C11H21NO7. The second-order valence-corrected chi connectivity index (χ2v) is 4.91. The first-order valence-electron chi connectivity index (χ1n) is 6.14. The van der Waals surface area contributed by atoms with Gasteiger partial charge in [0.15, 0.2) is 5.79 Å². The SMILES string of the molecule is NC(CCCC(=O)O)CC1(O)OC[C@@H](O)[C@H](O)[C@H]1O. The van der Waals surface area contributed by atoms with E-state index in [-0.39, 0.29) is 19.4 Å². The van der Waals surface area contributed by atoms with Gasteiger partial charge < -0.3 is 36.0 Å². The van der Waals surface area contributed by atoms with Gasteiger partial charge in [-0.2, -0.15) is 0 Å². The lowest BCUT2D eigenvalue weighted by atomic mass is 9.90. The van der Waals surface area contributed by atoms with Gasteiger partial charge in [-0.3, -0.25) is 4.79 Å². The Morgan fingerprint density at radius 2 is 2.05 bits per heavy atom. The minimum atomic E-state index is -2.03. The summed E-state index contributed by atoms with van der Waals surface area (Å²) in [7, 11) is 0. The molecule has 0 aromatic carbocycles. The van der Waals surface area contributed by atoms with Crippen LogP contribution in [0.4, 0.5) is 0 Å². The summed E-state index contributed by atoms with van der Waals surface area (Å²) in [6.45, 7) is -0.309. The van der Waals surface area contributed by atoms with Crippen molar-refractivity contribution >= 4 is 5.97 Å². The lowest BCUT2D eigenvalue weighted by molar-refractivity contribution is -0.324. The van der Waals surface area contributed by atoms with Gasteiger partial charge in [-0.1, -0.05) is 0 Å². The Hall–Kier alpha value is -0.770. The Kier molecular flexibility index (Phi) is 5.65. The molecule has 1 rings (SSSR count). The number of aliphatic hydroxyl groups excluding tert-OH is 3. The fourth-order valence-corrected chi connectivity index (χ4v) is 2.06. The minimum absolute atomic E-state index is 0.0309. The Labute approximate surface area is 110 Å². The highest BCUT2D eigenvalue weighted by molar-refractivity contribution is 5.66. The van der Waals surface area contributed by atoms with E-state index in [2.05, 4.69) is 0 Å². The lowest BCUT2D eigenvalue weighted by Crippen LogP contribution is -2.62. The number of hydrogen-bond donors (Lipinski definition) is 6. The summed E-state index contributed by atoms with van der Waals surface area (Å²) in [5.41, 5.74) is 5.73. The average molecular weight is 279 g/mol. The van der Waals surface area contributed by atoms with Gasteiger partial charge in [0.1, 0.15) is 18.3 Å². The maximum absolute atomic E-state index is 10.3. The van der Waals surface area contributed by atoms with Crippen molar-refractivity contribution < 1.29 is 35.1 Å². The Bertz CT molecular complexity index is 313. The number of ether oxygens (including phenoxy) is 1. The van der Waals surface area contributed by atoms with Crippen molar-refractivity contribution in [3.63, 3.8) is 0 Å². The molecule has 0 bridgehead atoms. The molecule has 1 aliphatic rings. The highest BCUT2D eigenvalue weighted by atomic mass is 16.6. The van der Waals surface area contributed by atoms with Crippen LogP contribution in [-0.4, -0.2) is 68.2 Å². The molecule has 1 aliphatic heterocycles. The maximum atomic E-state index is 10.3. The van der Waals surface area contributed by atoms with Gasteiger partial charge in [0.25, 0.3) is 0 Å². The normalized spacial score (nSPS) is 37.0. The molecule has 0 saturated carbocycles. The van der Waals surface area contributed by atoms with E-state index in [9.17, 15) is 25.2 Å². The van der Waals surface area contributed by atoms with E-state index in [0.717, 1.165) is 0 Å². The fraction of sp³-hybridized carbons (Fsp3) is 0.909. The lowest BCUT2D eigenvalue weighted by Gasteiger charge is -2.42. The Morgan fingerprint density at radius 1 is 1.42 bits per heavy atom. The number of hydrogen-bond acceptors (Lipinski definition) is 7. The van der Waals surface area contributed by atoms with Crippen molar-refractivity contribution in [2.75, 3.05) is 6.61 Å². The van der Waals surface area contributed by atoms with Gasteiger partial charge in [-0.15, -0.1) is 0 Å². The molecule has 0 aliphatic carbocycles. The van der Waals surface area contributed by atoms with E-state index < -0.39 is 36.1 Å². The first-order chi connectivity index (χ1) is 8.76. The van der Waals surface area contributed by atoms with Gasteiger partial charge in [0.05, 0.1) is 6.61 Å². The third-order valence-electron chi connectivity index (χ3n) is 3.20. The predicted molar refractivity (Wildman–Crippen MR) is 63.0 cm³/mol. The van der Waals surface area contributed by atoms with E-state index in [1.165, 1.54) is 0 Å². The molecule has 0 aromatic rings. The topological polar surface area (TPSA) is 153 Å². The molecule has 5 atom stereocenters. The first kappa shape index (κ1) is 16.3. The molecule has 1 heterocycles. The molecule has 2 unspecified atom stereocenters. The second kappa shape index (κ2) is 6.60. The maximum Gasteiger partial charge on any atom is 0.303 e. The van der Waals surface area contributed by atoms with Gasteiger partial charge >= 0.3 is 5.97 Å². The van der Waals surface area contributed by atoms with Gasteiger partial charge in [-0.25, -0.2) is 0 Å². The fourth-order valence-electron chi connectivity index (χ4n) is 2.06. The smallest absolute Gasteiger partial charge is 0.303 e. The molecule has 8 heteroatoms. The summed E-state index contributed by atoms with van der Waals surface area (Å²) in [6.07, 6.45) is -3.95. The summed E-state index contributed by atoms with van der Waals surface area (Å²) >= 11 is 0. The number of carboxylic acid groups (broad SMARTS) is 1. The van der Waals surface area contributed by atoms with Crippen LogP contribution in [0, 0.1) is 0 Å². The van der Waals surface area contributed by atoms with Crippen LogP contribution in [0.1, 0.15) is 25.7 Å². The predicted octanol–water partition coefficient (Wildman–Crippen LogP) is -2.24. The summed E-state index contributed by atoms with van der Waals surface area (Å²) in [5.74, 6) is -2.96. The van der Waals surface area contributed by atoms with Crippen molar-refractivity contribution in [1.82, 2.24) is 0 Å². The summed E-state index contributed by atoms with van der Waals surface area (Å²) in [5, 5.41) is 47.0. The standard InChI is InChI=1S/C11H21NO7/c12-6(2-1-3-8(14)15)4-11(18)10(17)9(16)7(13)5-19-11/h6-7,9-10,13,16-18H,1-5,12H2,(H,14,15)/t6?,7-,9+,10-,11?/m1/s1. The Morgan fingerprint density at radius 3 is 2.63 bits per heavy atom. The van der Waals surface area contributed by atoms with Crippen LogP contribution in [0.5, 0.6) is 0 Å². The van der Waals surface area contributed by atoms with Crippen LogP contribution >= 0.6 is 0 Å². The molecular weight excluding hydrogens is 258 g/mol. The highest BCUT2D eigenvalue weighted by Gasteiger charge is 2.48. The third-order valence-corrected chi connectivity index (χ3v) is 3.20. The van der Waals surface area contributed by atoms with Crippen LogP contribution in [0.25, 0.3) is 0 Å². The van der Waals surface area contributed by atoms with Crippen molar-refractivity contribution in [1.29, 1.82) is 0 Å². The van der Waals surface area contributed by atoms with Crippen LogP contribution in [-0.2, 0) is 9.53 Å². The zero-order chi connectivity index (χ0) is 14.6. The highest BCUT2D eigenvalue weighted by Crippen LogP contribution is 2.28. The zero-order valence-electron chi connectivity index (χ0n) is 10.5. The largest absolute Gasteiger partial charge is 0.481 e. The van der Waals surface area contributed by atoms with Crippen LogP contribution in [0.15, 0.2) is 0 Å². The zero-order valence-corrected chi connectivity index (χ0v) is 10.5. The molecule has 0 spiro atoms. The van der Waals surface area contributed by atoms with Gasteiger partial charge in [0, 0.05) is 18.9 Å². The monoisotopic (exact) mass is 279 g/mol. The molecule has 1 saturated heterocycles. The van der Waals surface area contributed by atoms with Crippen LogP contribution in [0.3, 0.4) is 0 Å². The molecule has 1 fully saturated rings. The number of rotatable bonds is 6. The molecule has 112 valence electrons. The first-order valence-corrected chi connectivity index (χ1v) is 6.14. The molecule has 8 nitrogen and oxygen atoms in total. The van der Waals surface area contributed by atoms with Crippen LogP contribution < -0.4 is 5.73 Å². The number of aliphatic carboxylic acids is 1. The molecule has 0 amide bonds. The quantitative estimate of drug-likeness (QED) is 0.319. The van der Waals surface area contributed by atoms with Gasteiger partial charge in [-0.05, 0) is 12.8 Å². The summed E-state index contributed by atoms with van der Waals surface area (Å²) < 4.78 is 4.96. The number of nitrogens with two attached hydrogens (primary N) is 1. The molecule has 7 N–H and O–H groups in total. The summed E-state index contributed by atoms with van der Waals surface area (Å²) in [4.78, 5) is 10.3. The summed E-state index contributed by atoms with van der Waals surface area (Å²) in [6, 6.07) is -0.582. The van der Waals surface area contributed by atoms with E-state index in [0.29, 0.717) is 12.8 Å². The van der Waals surface area contributed by atoms with E-state index in [1.807, 2.05) is 0 Å². The van der Waals surface area contributed by atoms with Crippen LogP contribution in [0.2, 0.25) is 0 Å².